The maximum Gasteiger partial charge on any atom is 0.328 e. The van der Waals surface area contributed by atoms with Gasteiger partial charge in [0.05, 0.1) is 13.7 Å². The first-order valence-corrected chi connectivity index (χ1v) is 13.6. The van der Waals surface area contributed by atoms with E-state index >= 15 is 0 Å². The number of benzene rings is 1. The highest BCUT2D eigenvalue weighted by atomic mass is 32.2. The number of amides is 1. The van der Waals surface area contributed by atoms with E-state index in [-0.39, 0.29) is 24.5 Å². The Kier molecular flexibility index (Phi) is 15.5. The molecule has 0 spiro atoms. The third kappa shape index (κ3) is 12.1. The number of hydrogen-bond donors (Lipinski definition) is 4. The Morgan fingerprint density at radius 3 is 2.55 bits per heavy atom. The van der Waals surface area contributed by atoms with Gasteiger partial charge in [-0.15, -0.1) is 0 Å². The second kappa shape index (κ2) is 17.2. The largest absolute Gasteiger partial charge is 0.467 e. The highest BCUT2D eigenvalue weighted by Gasteiger charge is 2.25. The van der Waals surface area contributed by atoms with Crippen molar-refractivity contribution in [2.45, 2.75) is 51.4 Å². The zero-order valence-corrected chi connectivity index (χ0v) is 22.2. The lowest BCUT2D eigenvalue weighted by atomic mass is 9.98. The van der Waals surface area contributed by atoms with Crippen LogP contribution in [0, 0.1) is 5.92 Å². The molecular weight excluding hydrogens is 456 g/mol. The van der Waals surface area contributed by atoms with Gasteiger partial charge >= 0.3 is 5.97 Å². The van der Waals surface area contributed by atoms with Crippen molar-refractivity contribution < 1.29 is 14.3 Å². The van der Waals surface area contributed by atoms with Crippen LogP contribution in [0.4, 0.5) is 0 Å². The van der Waals surface area contributed by atoms with Gasteiger partial charge in [-0.2, -0.15) is 24.4 Å². The Labute approximate surface area is 209 Å². The SMILES string of the molecule is CCC(C)[C@@H](CN(CC(=O)N[C@@H](CCSC)C(=O)OC)Cc1ccccc1)NC[C@@H](N)CS. The van der Waals surface area contributed by atoms with Crippen molar-refractivity contribution in [3.63, 3.8) is 0 Å². The molecule has 1 aromatic rings. The highest BCUT2D eigenvalue weighted by molar-refractivity contribution is 7.98. The van der Waals surface area contributed by atoms with Crippen LogP contribution < -0.4 is 16.4 Å². The van der Waals surface area contributed by atoms with Crippen molar-refractivity contribution in [1.29, 1.82) is 0 Å². The maximum atomic E-state index is 13.0. The average Bonchev–Trinajstić information content (AvgIpc) is 2.83. The highest BCUT2D eigenvalue weighted by Crippen LogP contribution is 2.13. The Morgan fingerprint density at radius 1 is 1.27 bits per heavy atom. The fourth-order valence-corrected chi connectivity index (χ4v) is 4.07. The van der Waals surface area contributed by atoms with Crippen LogP contribution in [0.2, 0.25) is 0 Å². The quantitative estimate of drug-likeness (QED) is 0.193. The number of carbonyl (C=O) groups is 2. The van der Waals surface area contributed by atoms with E-state index in [9.17, 15) is 9.59 Å². The fraction of sp³-hybridized carbons (Fsp3) is 0.667. The smallest absolute Gasteiger partial charge is 0.328 e. The lowest BCUT2D eigenvalue weighted by Gasteiger charge is -2.32. The fourth-order valence-electron chi connectivity index (χ4n) is 3.47. The number of nitrogens with zero attached hydrogens (tertiary/aromatic N) is 1. The Balaban J connectivity index is 2.94. The predicted octanol–water partition coefficient (Wildman–Crippen LogP) is 2.16. The topological polar surface area (TPSA) is 96.7 Å². The van der Waals surface area contributed by atoms with Gasteiger partial charge in [0.1, 0.15) is 6.04 Å². The van der Waals surface area contributed by atoms with E-state index in [4.69, 9.17) is 10.5 Å². The van der Waals surface area contributed by atoms with Crippen LogP contribution in [0.15, 0.2) is 30.3 Å². The summed E-state index contributed by atoms with van der Waals surface area (Å²) in [4.78, 5) is 27.2. The molecule has 1 rings (SSSR count). The lowest BCUT2D eigenvalue weighted by molar-refractivity contribution is -0.145. The minimum atomic E-state index is -0.634. The monoisotopic (exact) mass is 498 g/mol. The summed E-state index contributed by atoms with van der Waals surface area (Å²) in [5.41, 5.74) is 7.20. The molecule has 0 radical (unpaired) electrons. The molecule has 0 heterocycles. The second-order valence-corrected chi connectivity index (χ2v) is 9.77. The van der Waals surface area contributed by atoms with E-state index in [1.165, 1.54) is 7.11 Å². The summed E-state index contributed by atoms with van der Waals surface area (Å²) in [5, 5.41) is 6.46. The van der Waals surface area contributed by atoms with Crippen LogP contribution in [0.5, 0.6) is 0 Å². The van der Waals surface area contributed by atoms with Gasteiger partial charge in [-0.25, -0.2) is 4.79 Å². The second-order valence-electron chi connectivity index (χ2n) is 8.42. The standard InChI is InChI=1S/C24H42N4O3S2/c1-5-18(2)22(26-13-20(25)17-32)15-28(14-19-9-7-6-8-10-19)16-23(29)27-21(11-12-33-4)24(30)31-3/h6-10,18,20-22,26,32H,5,11-17,25H2,1-4H3,(H,27,29)/t18?,20-,21+,22-/m1/s1. The van der Waals surface area contributed by atoms with Gasteiger partial charge in [-0.3, -0.25) is 9.69 Å². The molecule has 33 heavy (non-hydrogen) atoms. The zero-order valence-electron chi connectivity index (χ0n) is 20.5. The molecule has 4 atom stereocenters. The predicted molar refractivity (Wildman–Crippen MR) is 142 cm³/mol. The molecule has 188 valence electrons. The third-order valence-corrected chi connectivity index (χ3v) is 6.82. The normalized spacial score (nSPS) is 15.0. The van der Waals surface area contributed by atoms with E-state index in [2.05, 4.69) is 54.1 Å². The first-order valence-electron chi connectivity index (χ1n) is 11.6. The molecule has 0 bridgehead atoms. The van der Waals surface area contributed by atoms with Crippen LogP contribution >= 0.6 is 24.4 Å². The van der Waals surface area contributed by atoms with Crippen molar-refractivity contribution in [2.75, 3.05) is 44.5 Å². The van der Waals surface area contributed by atoms with E-state index in [1.54, 1.807) is 11.8 Å². The zero-order chi connectivity index (χ0) is 24.6. The minimum absolute atomic E-state index is 0.0250. The third-order valence-electron chi connectivity index (χ3n) is 5.71. The van der Waals surface area contributed by atoms with Crippen LogP contribution in [-0.4, -0.2) is 79.4 Å². The molecule has 7 nitrogen and oxygen atoms in total. The van der Waals surface area contributed by atoms with Gasteiger partial charge in [0.25, 0.3) is 0 Å². The van der Waals surface area contributed by atoms with Gasteiger partial charge < -0.3 is 21.1 Å². The van der Waals surface area contributed by atoms with Gasteiger partial charge in [-0.1, -0.05) is 50.6 Å². The van der Waals surface area contributed by atoms with Crippen LogP contribution in [-0.2, 0) is 20.9 Å². The van der Waals surface area contributed by atoms with Crippen molar-refractivity contribution in [3.05, 3.63) is 35.9 Å². The van der Waals surface area contributed by atoms with Gasteiger partial charge in [0.15, 0.2) is 0 Å². The average molecular weight is 499 g/mol. The molecule has 9 heteroatoms. The summed E-state index contributed by atoms with van der Waals surface area (Å²) in [6, 6.07) is 9.61. The summed E-state index contributed by atoms with van der Waals surface area (Å²) in [7, 11) is 1.35. The molecule has 0 saturated carbocycles. The van der Waals surface area contributed by atoms with Gasteiger partial charge in [0, 0.05) is 37.5 Å². The molecule has 1 unspecified atom stereocenters. The van der Waals surface area contributed by atoms with E-state index < -0.39 is 12.0 Å². The van der Waals surface area contributed by atoms with Crippen LogP contribution in [0.25, 0.3) is 0 Å². The number of ether oxygens (including phenoxy) is 1. The first kappa shape index (κ1) is 29.8. The number of carbonyl (C=O) groups excluding carboxylic acids is 2. The summed E-state index contributed by atoms with van der Waals surface area (Å²) < 4.78 is 4.88. The number of hydrogen-bond acceptors (Lipinski definition) is 8. The Bertz CT molecular complexity index is 681. The molecule has 4 N–H and O–H groups in total. The number of rotatable bonds is 17. The summed E-state index contributed by atoms with van der Waals surface area (Å²) in [6.45, 7) is 6.55. The molecule has 0 aromatic heterocycles. The number of nitrogens with two attached hydrogens (primary N) is 1. The summed E-state index contributed by atoms with van der Waals surface area (Å²) >= 11 is 5.92. The minimum Gasteiger partial charge on any atom is -0.467 e. The number of nitrogens with one attached hydrogen (secondary N) is 2. The molecule has 0 saturated heterocycles. The molecular formula is C24H42N4O3S2. The molecule has 1 aromatic carbocycles. The number of thioether (sulfide) groups is 1. The number of methoxy groups -OCH3 is 1. The first-order chi connectivity index (χ1) is 15.8. The summed E-state index contributed by atoms with van der Waals surface area (Å²) in [6.07, 6.45) is 3.52. The molecule has 0 aliphatic rings. The number of esters is 1. The molecule has 0 aliphatic carbocycles. The lowest BCUT2D eigenvalue weighted by Crippen LogP contribution is -2.51. The number of thiol groups is 1. The maximum absolute atomic E-state index is 13.0. The van der Waals surface area contributed by atoms with Crippen LogP contribution in [0.3, 0.4) is 0 Å². The summed E-state index contributed by atoms with van der Waals surface area (Å²) in [5.74, 6) is 1.19. The van der Waals surface area contributed by atoms with Crippen LogP contribution in [0.1, 0.15) is 32.3 Å². The van der Waals surface area contributed by atoms with E-state index in [0.29, 0.717) is 37.7 Å². The van der Waals surface area contributed by atoms with Gasteiger partial charge in [-0.05, 0) is 29.9 Å². The molecule has 0 fully saturated rings. The van der Waals surface area contributed by atoms with Crippen molar-refractivity contribution in [1.82, 2.24) is 15.5 Å². The van der Waals surface area contributed by atoms with Crippen molar-refractivity contribution in [2.24, 2.45) is 11.7 Å². The van der Waals surface area contributed by atoms with E-state index in [0.717, 1.165) is 17.7 Å². The van der Waals surface area contributed by atoms with Gasteiger partial charge in [0.2, 0.25) is 5.91 Å². The molecule has 1 amide bonds. The molecule has 0 aliphatic heterocycles. The van der Waals surface area contributed by atoms with Crippen molar-refractivity contribution >= 4 is 36.3 Å². The Morgan fingerprint density at radius 2 is 1.97 bits per heavy atom. The Hall–Kier alpha value is -1.26. The van der Waals surface area contributed by atoms with Crippen molar-refractivity contribution in [3.8, 4) is 0 Å². The van der Waals surface area contributed by atoms with E-state index in [1.807, 2.05) is 24.5 Å².